The molecule has 2 aromatic rings. The quantitative estimate of drug-likeness (QED) is 0.483. The van der Waals surface area contributed by atoms with Gasteiger partial charge in [-0.3, -0.25) is 14.1 Å². The zero-order valence-electron chi connectivity index (χ0n) is 16.7. The summed E-state index contributed by atoms with van der Waals surface area (Å²) < 4.78 is 27.9. The monoisotopic (exact) mass is 450 g/mol. The molecule has 0 radical (unpaired) electrons. The Kier molecular flexibility index (Phi) is 6.54. The number of nitrogens with one attached hydrogen (secondary N) is 2. The van der Waals surface area contributed by atoms with Crippen molar-refractivity contribution in [3.63, 3.8) is 0 Å². The van der Waals surface area contributed by atoms with Crippen molar-refractivity contribution in [3.8, 4) is 5.75 Å². The minimum absolute atomic E-state index is 0.0456. The Hall–Kier alpha value is -1.78. The van der Waals surface area contributed by atoms with Crippen LogP contribution in [0.15, 0.2) is 30.3 Å². The van der Waals surface area contributed by atoms with E-state index in [1.807, 2.05) is 13.0 Å². The summed E-state index contributed by atoms with van der Waals surface area (Å²) in [6, 6.07) is 8.59. The maximum absolute atomic E-state index is 12.8. The molecule has 0 aliphatic heterocycles. The van der Waals surface area contributed by atoms with Gasteiger partial charge in [-0.05, 0) is 62.9 Å². The topological polar surface area (TPSA) is 108 Å². The minimum Gasteiger partial charge on any atom is -0.488 e. The van der Waals surface area contributed by atoms with Gasteiger partial charge >= 0.3 is 0 Å². The number of aliphatic hydroxyl groups excluding tert-OH is 1. The van der Waals surface area contributed by atoms with Crippen molar-refractivity contribution in [1.82, 2.24) is 5.32 Å². The minimum atomic E-state index is -2.12. The lowest BCUT2D eigenvalue weighted by Gasteiger charge is -2.25. The molecule has 9 heteroatoms. The number of thiophene rings is 1. The molecule has 2 aliphatic rings. The maximum atomic E-state index is 12.8. The number of ether oxygens (including phenoxy) is 1. The summed E-state index contributed by atoms with van der Waals surface area (Å²) >= 11 is -0.403. The standard InChI is InChI=1S/C21H26N2O5S2/c1-12-10-16-19(29-12)9-2-13(20(16)24)11-22-17-7-8-18(21(17)25)28-15-5-3-14(4-6-15)23-30(26)27/h3-6,10,13,17-18,21-23,25H,2,7-9,11H2,1H3,(H,26,27). The smallest absolute Gasteiger partial charge is 0.259 e. The summed E-state index contributed by atoms with van der Waals surface area (Å²) in [7, 11) is 0. The SMILES string of the molecule is Cc1cc2c(s1)CCC(CNC1CCC(Oc3ccc(NS(=O)O)cc3)C1O)C2=O. The molecule has 0 bridgehead atoms. The van der Waals surface area contributed by atoms with E-state index < -0.39 is 17.4 Å². The van der Waals surface area contributed by atoms with E-state index in [9.17, 15) is 14.1 Å². The first kappa shape index (κ1) is 21.5. The first-order valence-electron chi connectivity index (χ1n) is 10.1. The second-order valence-corrected chi connectivity index (χ2v) is 9.95. The zero-order valence-corrected chi connectivity index (χ0v) is 18.3. The van der Waals surface area contributed by atoms with E-state index in [2.05, 4.69) is 10.0 Å². The van der Waals surface area contributed by atoms with Crippen molar-refractivity contribution >= 4 is 34.1 Å². The molecule has 1 aromatic carbocycles. The molecule has 4 rings (SSSR count). The summed E-state index contributed by atoms with van der Waals surface area (Å²) in [5, 5.41) is 14.1. The van der Waals surface area contributed by atoms with Gasteiger partial charge in [0.05, 0.1) is 0 Å². The summed E-state index contributed by atoms with van der Waals surface area (Å²) in [6.45, 7) is 2.61. The summed E-state index contributed by atoms with van der Waals surface area (Å²) in [5.41, 5.74) is 1.39. The number of anilines is 1. The summed E-state index contributed by atoms with van der Waals surface area (Å²) in [4.78, 5) is 15.1. The second kappa shape index (κ2) is 9.15. The Balaban J connectivity index is 1.29. The van der Waals surface area contributed by atoms with Crippen molar-refractivity contribution in [2.24, 2.45) is 5.92 Å². The van der Waals surface area contributed by atoms with E-state index in [-0.39, 0.29) is 23.8 Å². The molecule has 0 spiro atoms. The Labute approximate surface area is 182 Å². The average Bonchev–Trinajstić information content (AvgIpc) is 3.25. The van der Waals surface area contributed by atoms with E-state index in [1.165, 1.54) is 9.75 Å². The van der Waals surface area contributed by atoms with Crippen LogP contribution >= 0.6 is 11.3 Å². The van der Waals surface area contributed by atoms with Crippen LogP contribution in [0.5, 0.6) is 5.75 Å². The average molecular weight is 451 g/mol. The molecule has 162 valence electrons. The number of rotatable bonds is 7. The number of carbonyl (C=O) groups excluding carboxylic acids is 1. The predicted octanol–water partition coefficient (Wildman–Crippen LogP) is 2.91. The van der Waals surface area contributed by atoms with Gasteiger partial charge in [-0.1, -0.05) is 0 Å². The molecule has 0 amide bonds. The Morgan fingerprint density at radius 2 is 2.00 bits per heavy atom. The number of fused-ring (bicyclic) bond motifs is 1. The second-order valence-electron chi connectivity index (χ2n) is 7.91. The Bertz CT molecular complexity index is 930. The first-order chi connectivity index (χ1) is 14.4. The van der Waals surface area contributed by atoms with Crippen LogP contribution in [-0.4, -0.2) is 44.4 Å². The van der Waals surface area contributed by atoms with Gasteiger partial charge in [0.2, 0.25) is 0 Å². The molecule has 5 unspecified atom stereocenters. The number of hydrogen-bond acceptors (Lipinski definition) is 6. The van der Waals surface area contributed by atoms with Crippen molar-refractivity contribution in [3.05, 3.63) is 45.6 Å². The van der Waals surface area contributed by atoms with E-state index in [0.717, 1.165) is 24.8 Å². The number of aryl methyl sites for hydroxylation is 2. The van der Waals surface area contributed by atoms with Crippen LogP contribution in [0.1, 0.15) is 39.4 Å². The number of hydrogen-bond donors (Lipinski definition) is 4. The van der Waals surface area contributed by atoms with Crippen LogP contribution in [0.4, 0.5) is 5.69 Å². The van der Waals surface area contributed by atoms with E-state index in [1.54, 1.807) is 35.6 Å². The Morgan fingerprint density at radius 1 is 1.23 bits per heavy atom. The molecule has 1 heterocycles. The van der Waals surface area contributed by atoms with Gasteiger partial charge in [0, 0.05) is 39.5 Å². The number of benzene rings is 1. The summed E-state index contributed by atoms with van der Waals surface area (Å²) in [5.74, 6) is 0.762. The maximum Gasteiger partial charge on any atom is 0.259 e. The fourth-order valence-corrected chi connectivity index (χ4v) is 5.67. The van der Waals surface area contributed by atoms with Crippen LogP contribution in [0.25, 0.3) is 0 Å². The molecule has 0 saturated heterocycles. The van der Waals surface area contributed by atoms with Gasteiger partial charge < -0.3 is 15.2 Å². The molecule has 2 aliphatic carbocycles. The Morgan fingerprint density at radius 3 is 2.73 bits per heavy atom. The van der Waals surface area contributed by atoms with Crippen molar-refractivity contribution in [2.45, 2.75) is 50.9 Å². The normalized spacial score (nSPS) is 27.0. The molecule has 30 heavy (non-hydrogen) atoms. The summed E-state index contributed by atoms with van der Waals surface area (Å²) in [6.07, 6.45) is 2.29. The molecule has 4 N–H and O–H groups in total. The molecule has 7 nitrogen and oxygen atoms in total. The van der Waals surface area contributed by atoms with E-state index in [4.69, 9.17) is 9.29 Å². The molecule has 5 atom stereocenters. The van der Waals surface area contributed by atoms with Gasteiger partial charge in [-0.25, -0.2) is 4.21 Å². The third-order valence-corrected chi connectivity index (χ3v) is 7.34. The predicted molar refractivity (Wildman–Crippen MR) is 117 cm³/mol. The van der Waals surface area contributed by atoms with Gasteiger partial charge in [-0.2, -0.15) is 0 Å². The van der Waals surface area contributed by atoms with E-state index in [0.29, 0.717) is 24.4 Å². The number of ketones is 1. The largest absolute Gasteiger partial charge is 0.488 e. The molecular weight excluding hydrogens is 424 g/mol. The number of carbonyl (C=O) groups is 1. The van der Waals surface area contributed by atoms with Crippen LogP contribution in [-0.2, 0) is 17.7 Å². The first-order valence-corrected chi connectivity index (χ1v) is 12.0. The van der Waals surface area contributed by atoms with Crippen LogP contribution in [0.2, 0.25) is 0 Å². The van der Waals surface area contributed by atoms with E-state index >= 15 is 0 Å². The highest BCUT2D eigenvalue weighted by Crippen LogP contribution is 2.32. The lowest BCUT2D eigenvalue weighted by atomic mass is 9.87. The van der Waals surface area contributed by atoms with Crippen LogP contribution < -0.4 is 14.8 Å². The third-order valence-electron chi connectivity index (χ3n) is 5.82. The lowest BCUT2D eigenvalue weighted by Crippen LogP contribution is -2.44. The highest BCUT2D eigenvalue weighted by molar-refractivity contribution is 7.80. The van der Waals surface area contributed by atoms with Crippen LogP contribution in [0.3, 0.4) is 0 Å². The zero-order chi connectivity index (χ0) is 21.3. The molecule has 1 saturated carbocycles. The fraction of sp³-hybridized carbons (Fsp3) is 0.476. The van der Waals surface area contributed by atoms with Gasteiger partial charge in [-0.15, -0.1) is 11.3 Å². The molecular formula is C21H26N2O5S2. The highest BCUT2D eigenvalue weighted by atomic mass is 32.2. The number of Topliss-reactive ketones (excluding diaryl/α,β-unsaturated/α-hetero) is 1. The lowest BCUT2D eigenvalue weighted by molar-refractivity contribution is 0.0442. The van der Waals surface area contributed by atoms with Gasteiger partial charge in [0.1, 0.15) is 18.0 Å². The fourth-order valence-electron chi connectivity index (χ4n) is 4.27. The van der Waals surface area contributed by atoms with Gasteiger partial charge in [0.15, 0.2) is 5.78 Å². The van der Waals surface area contributed by atoms with Crippen molar-refractivity contribution in [1.29, 1.82) is 0 Å². The molecule has 1 aromatic heterocycles. The van der Waals surface area contributed by atoms with Crippen molar-refractivity contribution < 1.29 is 23.4 Å². The van der Waals surface area contributed by atoms with Crippen molar-refractivity contribution in [2.75, 3.05) is 11.3 Å². The van der Waals surface area contributed by atoms with Crippen LogP contribution in [0, 0.1) is 12.8 Å². The third kappa shape index (κ3) is 4.76. The van der Waals surface area contributed by atoms with Gasteiger partial charge in [0.25, 0.3) is 11.3 Å². The number of aliphatic hydroxyl groups is 1. The molecule has 1 fully saturated rings. The highest BCUT2D eigenvalue weighted by Gasteiger charge is 2.37.